The monoisotopic (exact) mass is 105 g/mol. The van der Waals surface area contributed by atoms with Crippen molar-refractivity contribution in [3.8, 4) is 0 Å². The first-order valence-electron chi connectivity index (χ1n) is 2.65. The maximum atomic E-state index is 5.19. The third kappa shape index (κ3) is 3.60. The van der Waals surface area contributed by atoms with Crippen LogP contribution < -0.4 is 0 Å². The Morgan fingerprint density at radius 2 is 2.12 bits per heavy atom. The van der Waals surface area contributed by atoms with Gasteiger partial charge in [0.1, 0.15) is 0 Å². The van der Waals surface area contributed by atoms with E-state index in [1.165, 1.54) is 0 Å². The van der Waals surface area contributed by atoms with Crippen molar-refractivity contribution in [1.82, 2.24) is 0 Å². The van der Waals surface area contributed by atoms with Crippen LogP contribution in [0.4, 0.5) is 0 Å². The van der Waals surface area contributed by atoms with Gasteiger partial charge in [0.05, 0.1) is 0 Å². The summed E-state index contributed by atoms with van der Waals surface area (Å²) in [5, 5.41) is 0. The molecule has 0 nitrogen and oxygen atoms in total. The van der Waals surface area contributed by atoms with E-state index in [2.05, 4.69) is 0 Å². The second-order valence-corrected chi connectivity index (χ2v) is 1.60. The van der Waals surface area contributed by atoms with Crippen LogP contribution in [0.2, 0.25) is 0 Å². The first-order chi connectivity index (χ1) is 3.81. The molecule has 0 saturated heterocycles. The van der Waals surface area contributed by atoms with Crippen LogP contribution in [-0.4, -0.2) is 13.5 Å². The second kappa shape index (κ2) is 4.57. The van der Waals surface area contributed by atoms with Crippen LogP contribution in [-0.2, 0) is 0 Å². The molecule has 0 amide bonds. The van der Waals surface area contributed by atoms with Crippen molar-refractivity contribution in [3.63, 3.8) is 0 Å². The topological polar surface area (TPSA) is 0 Å². The molecule has 0 heterocycles. The van der Waals surface area contributed by atoms with Crippen molar-refractivity contribution in [3.05, 3.63) is 23.8 Å². The minimum absolute atomic E-state index is 1.09. The molecule has 41 valence electrons. The molecule has 0 aromatic carbocycles. The third-order valence-corrected chi connectivity index (χ3v) is 0.814. The molecule has 0 fully saturated rings. The molecule has 0 aliphatic rings. The Bertz CT molecular complexity index is 120. The number of allylic oxidation sites excluding steroid dienone is 4. The first-order valence-corrected chi connectivity index (χ1v) is 2.65. The molecule has 0 rings (SSSR count). The van der Waals surface area contributed by atoms with Crippen LogP contribution in [0.25, 0.3) is 0 Å². The Balaban J connectivity index is 3.74. The van der Waals surface area contributed by atoms with Crippen molar-refractivity contribution in [2.75, 3.05) is 0 Å². The molecule has 0 saturated carbocycles. The van der Waals surface area contributed by atoms with Gasteiger partial charge in [-0.25, -0.2) is 0 Å². The average molecular weight is 105 g/mol. The number of rotatable bonds is 2. The number of hydrogen-bond acceptors (Lipinski definition) is 0. The van der Waals surface area contributed by atoms with Gasteiger partial charge in [0.15, 0.2) is 0 Å². The van der Waals surface area contributed by atoms with Gasteiger partial charge in [-0.1, -0.05) is 0 Å². The standard InChI is InChI=1S/C7H10B/c1-3-4-5-7(2)6-8/h3-6H,1-2H3. The molecule has 1 radical (unpaired) electrons. The molecule has 0 spiro atoms. The molecule has 0 N–H and O–H groups in total. The summed E-state index contributed by atoms with van der Waals surface area (Å²) in [4.78, 5) is 0. The molecule has 1 heteroatoms. The molecule has 0 atom stereocenters. The molecule has 0 unspecified atom stereocenters. The van der Waals surface area contributed by atoms with Crippen molar-refractivity contribution >= 4 is 13.5 Å². The normalized spacial score (nSPS) is 12.4. The fourth-order valence-electron chi connectivity index (χ4n) is 0.304. The van der Waals surface area contributed by atoms with Gasteiger partial charge in [0.25, 0.3) is 0 Å². The zero-order chi connectivity index (χ0) is 6.41. The molecule has 0 aromatic heterocycles. The summed E-state index contributed by atoms with van der Waals surface area (Å²) in [5.41, 5.74) is 1.09. The van der Waals surface area contributed by atoms with Crippen molar-refractivity contribution in [2.45, 2.75) is 13.8 Å². The Morgan fingerprint density at radius 3 is 2.50 bits per heavy atom. The summed E-state index contributed by atoms with van der Waals surface area (Å²) in [7, 11) is 5.19. The molecule has 0 aliphatic heterocycles. The van der Waals surface area contributed by atoms with Crippen LogP contribution in [0.1, 0.15) is 13.8 Å². The SMILES string of the molecule is [B]=CC(C)=CC=CC. The van der Waals surface area contributed by atoms with Crippen molar-refractivity contribution in [2.24, 2.45) is 0 Å². The quantitative estimate of drug-likeness (QED) is 0.368. The van der Waals surface area contributed by atoms with Crippen molar-refractivity contribution in [1.29, 1.82) is 0 Å². The second-order valence-electron chi connectivity index (χ2n) is 1.60. The van der Waals surface area contributed by atoms with Crippen LogP contribution in [0.5, 0.6) is 0 Å². The van der Waals surface area contributed by atoms with Gasteiger partial charge in [0, 0.05) is 0 Å². The van der Waals surface area contributed by atoms with E-state index in [1.54, 1.807) is 5.97 Å². The summed E-state index contributed by atoms with van der Waals surface area (Å²) in [6.07, 6.45) is 5.88. The third-order valence-electron chi connectivity index (χ3n) is 0.814. The Hall–Kier alpha value is -0.585. The predicted octanol–water partition coefficient (Wildman–Crippen LogP) is 1.48. The van der Waals surface area contributed by atoms with Gasteiger partial charge in [-0.15, -0.1) is 0 Å². The average Bonchev–Trinajstić information content (AvgIpc) is 1.83. The van der Waals surface area contributed by atoms with Gasteiger partial charge in [0.2, 0.25) is 0 Å². The Kier molecular flexibility index (Phi) is 4.24. The van der Waals surface area contributed by atoms with Crippen LogP contribution in [0.3, 0.4) is 0 Å². The van der Waals surface area contributed by atoms with E-state index in [0.717, 1.165) is 5.57 Å². The van der Waals surface area contributed by atoms with Gasteiger partial charge in [-0.05, 0) is 0 Å². The van der Waals surface area contributed by atoms with Gasteiger partial charge in [-0.2, -0.15) is 0 Å². The summed E-state index contributed by atoms with van der Waals surface area (Å²) >= 11 is 0. The fraction of sp³-hybridized carbons (Fsp3) is 0.286. The van der Waals surface area contributed by atoms with E-state index in [9.17, 15) is 0 Å². The minimum atomic E-state index is 1.09. The van der Waals surface area contributed by atoms with E-state index in [0.29, 0.717) is 0 Å². The molecule has 0 bridgehead atoms. The van der Waals surface area contributed by atoms with Crippen LogP contribution in [0.15, 0.2) is 23.8 Å². The molecule has 0 aromatic rings. The summed E-state index contributed by atoms with van der Waals surface area (Å²) < 4.78 is 0. The molecule has 0 aliphatic carbocycles. The number of hydrogen-bond donors (Lipinski definition) is 0. The van der Waals surface area contributed by atoms with Crippen LogP contribution in [0, 0.1) is 0 Å². The van der Waals surface area contributed by atoms with E-state index in [-0.39, 0.29) is 0 Å². The van der Waals surface area contributed by atoms with E-state index in [4.69, 9.17) is 7.49 Å². The molecular formula is C7H10B. The predicted molar refractivity (Wildman–Crippen MR) is 40.4 cm³/mol. The molecular weight excluding hydrogens is 94.9 g/mol. The van der Waals surface area contributed by atoms with Gasteiger partial charge >= 0.3 is 51.1 Å². The van der Waals surface area contributed by atoms with Gasteiger partial charge in [-0.3, -0.25) is 0 Å². The zero-order valence-corrected chi connectivity index (χ0v) is 5.39. The summed E-state index contributed by atoms with van der Waals surface area (Å²) in [5.74, 6) is 1.58. The summed E-state index contributed by atoms with van der Waals surface area (Å²) in [6.45, 7) is 3.93. The van der Waals surface area contributed by atoms with E-state index in [1.807, 2.05) is 32.1 Å². The maximum absolute atomic E-state index is 5.19. The fourth-order valence-corrected chi connectivity index (χ4v) is 0.304. The zero-order valence-electron chi connectivity index (χ0n) is 5.39. The van der Waals surface area contributed by atoms with Crippen molar-refractivity contribution < 1.29 is 0 Å². The molecule has 8 heavy (non-hydrogen) atoms. The summed E-state index contributed by atoms with van der Waals surface area (Å²) in [6, 6.07) is 0. The van der Waals surface area contributed by atoms with E-state index < -0.39 is 0 Å². The van der Waals surface area contributed by atoms with E-state index >= 15 is 0 Å². The Morgan fingerprint density at radius 1 is 1.50 bits per heavy atom. The van der Waals surface area contributed by atoms with Gasteiger partial charge < -0.3 is 0 Å². The Labute approximate surface area is 52.0 Å². The van der Waals surface area contributed by atoms with Crippen LogP contribution >= 0.6 is 0 Å². The first kappa shape index (κ1) is 7.41.